The van der Waals surface area contributed by atoms with Crippen LogP contribution in [-0.4, -0.2) is 23.2 Å². The van der Waals surface area contributed by atoms with Crippen LogP contribution >= 0.6 is 0 Å². The summed E-state index contributed by atoms with van der Waals surface area (Å²) in [6, 6.07) is 9.56. The number of nitriles is 1. The Hall–Kier alpha value is -2.71. The second-order valence-electron chi connectivity index (χ2n) is 5.10. The first kappa shape index (κ1) is 14.2. The number of ether oxygens (including phenoxy) is 1. The molecule has 5 nitrogen and oxygen atoms in total. The van der Waals surface area contributed by atoms with E-state index in [1.54, 1.807) is 18.3 Å². The monoisotopic (exact) mass is 292 g/mol. The molecule has 1 N–H and O–H groups in total. The molecule has 2 aromatic heterocycles. The molecule has 0 bridgehead atoms. The number of nitrogens with zero attached hydrogens (tertiary/aromatic N) is 3. The van der Waals surface area contributed by atoms with Crippen LogP contribution in [0.2, 0.25) is 0 Å². The highest BCUT2D eigenvalue weighted by atomic mass is 16.5. The van der Waals surface area contributed by atoms with Gasteiger partial charge in [0.1, 0.15) is 11.6 Å². The molecule has 0 unspecified atom stereocenters. The molecule has 0 saturated carbocycles. The number of pyridine rings is 2. The summed E-state index contributed by atoms with van der Waals surface area (Å²) in [5, 5.41) is 12.1. The van der Waals surface area contributed by atoms with Gasteiger partial charge in [-0.25, -0.2) is 9.97 Å². The van der Waals surface area contributed by atoms with Gasteiger partial charge < -0.3 is 10.1 Å². The zero-order chi connectivity index (χ0) is 15.4. The number of hydrogen-bond donors (Lipinski definition) is 1. The van der Waals surface area contributed by atoms with Gasteiger partial charge in [-0.1, -0.05) is 6.08 Å². The van der Waals surface area contributed by atoms with Crippen molar-refractivity contribution in [2.75, 3.05) is 18.5 Å². The Kier molecular flexibility index (Phi) is 4.12. The lowest BCUT2D eigenvalue weighted by Crippen LogP contribution is -2.05. The molecule has 5 heteroatoms. The molecule has 0 atom stereocenters. The average Bonchev–Trinajstić information content (AvgIpc) is 2.55. The Balaban J connectivity index is 1.89. The van der Waals surface area contributed by atoms with Gasteiger partial charge in [-0.05, 0) is 48.7 Å². The number of nitrogens with one attached hydrogen (secondary N) is 1. The van der Waals surface area contributed by atoms with E-state index in [0.29, 0.717) is 18.0 Å². The van der Waals surface area contributed by atoms with Crippen molar-refractivity contribution in [1.82, 2.24) is 9.97 Å². The molecule has 0 aromatic carbocycles. The smallest absolute Gasteiger partial charge is 0.132 e. The van der Waals surface area contributed by atoms with Crippen molar-refractivity contribution in [2.24, 2.45) is 0 Å². The molecule has 1 aliphatic rings. The highest BCUT2D eigenvalue weighted by Crippen LogP contribution is 2.25. The van der Waals surface area contributed by atoms with Crippen molar-refractivity contribution in [3.63, 3.8) is 0 Å². The second kappa shape index (κ2) is 6.37. The summed E-state index contributed by atoms with van der Waals surface area (Å²) in [6.07, 6.45) is 4.63. The van der Waals surface area contributed by atoms with Crippen LogP contribution < -0.4 is 5.32 Å². The fraction of sp³-hybridized carbons (Fsp3) is 0.235. The predicted octanol–water partition coefficient (Wildman–Crippen LogP) is 3.20. The maximum Gasteiger partial charge on any atom is 0.132 e. The molecule has 3 heterocycles. The number of rotatable bonds is 3. The van der Waals surface area contributed by atoms with Crippen molar-refractivity contribution >= 4 is 17.2 Å². The van der Waals surface area contributed by atoms with E-state index in [9.17, 15) is 0 Å². The molecule has 2 aromatic rings. The van der Waals surface area contributed by atoms with E-state index in [0.717, 1.165) is 30.1 Å². The lowest BCUT2D eigenvalue weighted by atomic mass is 10.0. The maximum atomic E-state index is 8.95. The summed E-state index contributed by atoms with van der Waals surface area (Å²) in [4.78, 5) is 8.70. The minimum absolute atomic E-state index is 0.567. The van der Waals surface area contributed by atoms with Crippen LogP contribution in [0, 0.1) is 18.3 Å². The van der Waals surface area contributed by atoms with Crippen LogP contribution in [0.5, 0.6) is 0 Å². The summed E-state index contributed by atoms with van der Waals surface area (Å²) in [5.41, 5.74) is 3.93. The normalized spacial score (nSPS) is 14.1. The first-order valence-corrected chi connectivity index (χ1v) is 7.13. The van der Waals surface area contributed by atoms with Gasteiger partial charge in [0.05, 0.1) is 24.8 Å². The van der Waals surface area contributed by atoms with Gasteiger partial charge in [-0.15, -0.1) is 0 Å². The van der Waals surface area contributed by atoms with E-state index < -0.39 is 0 Å². The second-order valence-corrected chi connectivity index (χ2v) is 5.10. The number of aromatic nitrogens is 2. The van der Waals surface area contributed by atoms with Crippen molar-refractivity contribution in [3.8, 4) is 6.07 Å². The lowest BCUT2D eigenvalue weighted by Gasteiger charge is -2.15. The molecule has 1 aliphatic heterocycles. The standard InChI is InChI=1S/C17H16N4O/c1-12-8-15(14-3-6-22-7-4-14)10-17(20-12)21-16-9-13(11-18)2-5-19-16/h2-3,5,8-10H,4,6-7H2,1H3,(H,19,20,21). The Bertz CT molecular complexity index is 761. The number of hydrogen-bond acceptors (Lipinski definition) is 5. The van der Waals surface area contributed by atoms with Crippen LogP contribution in [0.25, 0.3) is 5.57 Å². The quantitative estimate of drug-likeness (QED) is 0.940. The van der Waals surface area contributed by atoms with Gasteiger partial charge in [0.25, 0.3) is 0 Å². The van der Waals surface area contributed by atoms with Crippen molar-refractivity contribution in [1.29, 1.82) is 5.26 Å². The van der Waals surface area contributed by atoms with Crippen LogP contribution in [0.4, 0.5) is 11.6 Å². The molecule has 0 spiro atoms. The Morgan fingerprint density at radius 3 is 2.95 bits per heavy atom. The lowest BCUT2D eigenvalue weighted by molar-refractivity contribution is 0.161. The van der Waals surface area contributed by atoms with E-state index in [2.05, 4.69) is 33.5 Å². The molecule has 0 fully saturated rings. The summed E-state index contributed by atoms with van der Waals surface area (Å²) in [6.45, 7) is 3.38. The highest BCUT2D eigenvalue weighted by Gasteiger charge is 2.09. The number of anilines is 2. The van der Waals surface area contributed by atoms with Crippen LogP contribution in [0.15, 0.2) is 36.5 Å². The van der Waals surface area contributed by atoms with E-state index in [-0.39, 0.29) is 0 Å². The number of aryl methyl sites for hydroxylation is 1. The SMILES string of the molecule is Cc1cc(C2=CCOCC2)cc(Nc2cc(C#N)ccn2)n1. The van der Waals surface area contributed by atoms with Crippen molar-refractivity contribution in [2.45, 2.75) is 13.3 Å². The van der Waals surface area contributed by atoms with E-state index in [4.69, 9.17) is 10.00 Å². The molecule has 22 heavy (non-hydrogen) atoms. The topological polar surface area (TPSA) is 70.8 Å². The molecule has 0 saturated heterocycles. The fourth-order valence-corrected chi connectivity index (χ4v) is 2.41. The molecular formula is C17H16N4O. The van der Waals surface area contributed by atoms with Gasteiger partial charge in [-0.2, -0.15) is 5.26 Å². The zero-order valence-electron chi connectivity index (χ0n) is 12.3. The molecule has 110 valence electrons. The first-order valence-electron chi connectivity index (χ1n) is 7.13. The third-order valence-corrected chi connectivity index (χ3v) is 3.43. The minimum Gasteiger partial charge on any atom is -0.377 e. The van der Waals surface area contributed by atoms with E-state index in [1.165, 1.54) is 5.57 Å². The van der Waals surface area contributed by atoms with Crippen LogP contribution in [0.3, 0.4) is 0 Å². The van der Waals surface area contributed by atoms with Gasteiger partial charge in [-0.3, -0.25) is 0 Å². The largest absolute Gasteiger partial charge is 0.377 e. The Morgan fingerprint density at radius 1 is 1.27 bits per heavy atom. The summed E-state index contributed by atoms with van der Waals surface area (Å²) >= 11 is 0. The maximum absolute atomic E-state index is 8.95. The highest BCUT2D eigenvalue weighted by molar-refractivity contribution is 5.70. The van der Waals surface area contributed by atoms with Gasteiger partial charge in [0.2, 0.25) is 0 Å². The van der Waals surface area contributed by atoms with Crippen molar-refractivity contribution < 1.29 is 4.74 Å². The summed E-state index contributed by atoms with van der Waals surface area (Å²) < 4.78 is 5.35. The Morgan fingerprint density at radius 2 is 2.18 bits per heavy atom. The fourth-order valence-electron chi connectivity index (χ4n) is 2.41. The van der Waals surface area contributed by atoms with Gasteiger partial charge >= 0.3 is 0 Å². The van der Waals surface area contributed by atoms with E-state index in [1.807, 2.05) is 13.0 Å². The average molecular weight is 292 g/mol. The first-order chi connectivity index (χ1) is 10.7. The molecule has 0 aliphatic carbocycles. The van der Waals surface area contributed by atoms with E-state index >= 15 is 0 Å². The molecule has 0 radical (unpaired) electrons. The molecular weight excluding hydrogens is 276 g/mol. The van der Waals surface area contributed by atoms with Gasteiger partial charge in [0, 0.05) is 11.9 Å². The van der Waals surface area contributed by atoms with Crippen LogP contribution in [-0.2, 0) is 4.74 Å². The summed E-state index contributed by atoms with van der Waals surface area (Å²) in [5.74, 6) is 1.34. The third-order valence-electron chi connectivity index (χ3n) is 3.43. The predicted molar refractivity (Wildman–Crippen MR) is 84.6 cm³/mol. The Labute approximate surface area is 129 Å². The minimum atomic E-state index is 0.567. The van der Waals surface area contributed by atoms with Crippen molar-refractivity contribution in [3.05, 3.63) is 53.4 Å². The van der Waals surface area contributed by atoms with Crippen LogP contribution in [0.1, 0.15) is 23.2 Å². The zero-order valence-corrected chi connectivity index (χ0v) is 12.3. The molecule has 3 rings (SSSR count). The van der Waals surface area contributed by atoms with Gasteiger partial charge in [0.15, 0.2) is 0 Å². The third kappa shape index (κ3) is 3.30. The molecule has 0 amide bonds. The summed E-state index contributed by atoms with van der Waals surface area (Å²) in [7, 11) is 0.